The molecule has 1 aliphatic carbocycles. The van der Waals surface area contributed by atoms with Gasteiger partial charge in [-0.05, 0) is 52.5 Å². The molecule has 0 unspecified atom stereocenters. The minimum atomic E-state index is -1.38. The van der Waals surface area contributed by atoms with Gasteiger partial charge in [-0.15, -0.1) is 0 Å². The number of amides is 1. The van der Waals surface area contributed by atoms with Crippen molar-refractivity contribution in [1.29, 1.82) is 0 Å². The fourth-order valence-electron chi connectivity index (χ4n) is 4.55. The van der Waals surface area contributed by atoms with Crippen molar-refractivity contribution in [3.05, 3.63) is 39.4 Å². The molecule has 9 nitrogen and oxygen atoms in total. The van der Waals surface area contributed by atoms with Gasteiger partial charge in [0.2, 0.25) is 5.43 Å². The van der Waals surface area contributed by atoms with E-state index in [1.165, 1.54) is 13.3 Å². The zero-order valence-corrected chi connectivity index (χ0v) is 19.7. The topological polar surface area (TPSA) is 116 Å². The maximum atomic E-state index is 15.8. The number of ether oxygens (including phenoxy) is 3. The Balaban J connectivity index is 1.98. The molecular weight excluding hydrogens is 447 g/mol. The number of alkyl carbamates (subject to hydrolysis) is 1. The van der Waals surface area contributed by atoms with Crippen LogP contribution in [-0.4, -0.2) is 47.7 Å². The van der Waals surface area contributed by atoms with E-state index in [-0.39, 0.29) is 48.8 Å². The van der Waals surface area contributed by atoms with Gasteiger partial charge in [-0.3, -0.25) is 4.79 Å². The van der Waals surface area contributed by atoms with Crippen LogP contribution in [-0.2, 0) is 15.0 Å². The number of aromatic nitrogens is 1. The highest BCUT2D eigenvalue weighted by Gasteiger charge is 2.43. The molecule has 10 heteroatoms. The lowest BCUT2D eigenvalue weighted by Gasteiger charge is -2.39. The Kier molecular flexibility index (Phi) is 6.05. The number of benzene rings is 1. The molecule has 1 aromatic carbocycles. The first-order valence-corrected chi connectivity index (χ1v) is 11.3. The molecule has 2 fully saturated rings. The molecule has 184 valence electrons. The summed E-state index contributed by atoms with van der Waals surface area (Å²) in [5.41, 5.74) is -2.78. The number of methoxy groups -OCH3 is 1. The minimum Gasteiger partial charge on any atom is -0.494 e. The quantitative estimate of drug-likeness (QED) is 0.676. The van der Waals surface area contributed by atoms with Gasteiger partial charge in [0.05, 0.1) is 29.1 Å². The number of nitrogens with one attached hydrogen (secondary N) is 1. The molecule has 1 amide bonds. The monoisotopic (exact) mass is 476 g/mol. The lowest BCUT2D eigenvalue weighted by atomic mass is 9.81. The number of hydrogen-bond acceptors (Lipinski definition) is 6. The predicted molar refractivity (Wildman–Crippen MR) is 121 cm³/mol. The molecule has 1 saturated carbocycles. The lowest BCUT2D eigenvalue weighted by Crippen LogP contribution is -2.51. The maximum Gasteiger partial charge on any atom is 0.408 e. The van der Waals surface area contributed by atoms with E-state index in [1.807, 2.05) is 0 Å². The fourth-order valence-corrected chi connectivity index (χ4v) is 4.55. The molecule has 0 atom stereocenters. The van der Waals surface area contributed by atoms with Crippen LogP contribution < -0.4 is 15.5 Å². The number of nitrogens with zero attached hydrogens (tertiary/aromatic N) is 1. The second-order valence-corrected chi connectivity index (χ2v) is 9.80. The first-order chi connectivity index (χ1) is 16.0. The number of carboxylic acid groups (broad SMARTS) is 1. The van der Waals surface area contributed by atoms with Crippen molar-refractivity contribution in [2.24, 2.45) is 0 Å². The number of carbonyl (C=O) groups excluding carboxylic acids is 1. The van der Waals surface area contributed by atoms with E-state index in [0.29, 0.717) is 5.52 Å². The van der Waals surface area contributed by atoms with Crippen molar-refractivity contribution in [2.45, 2.75) is 63.6 Å². The molecule has 0 radical (unpaired) electrons. The Hall–Kier alpha value is -3.14. The third-order valence-electron chi connectivity index (χ3n) is 6.16. The Morgan fingerprint density at radius 3 is 2.44 bits per heavy atom. The van der Waals surface area contributed by atoms with E-state index in [9.17, 15) is 19.5 Å². The Morgan fingerprint density at radius 2 is 1.91 bits per heavy atom. The third kappa shape index (κ3) is 4.34. The van der Waals surface area contributed by atoms with Crippen molar-refractivity contribution in [2.75, 3.05) is 20.3 Å². The standard InChI is InChI=1S/C24H29FN2O7/c1-23(2,3)34-22(31)26-24(7-9-33-10-8-24)17-16(25)11-14-18(20(17)32-4)27(13-5-6-13)12-15(19(14)28)21(29)30/h11-13H,5-10H2,1-4H3,(H,26,31)(H,29,30). The molecule has 2 heterocycles. The van der Waals surface area contributed by atoms with Crippen LogP contribution in [0, 0.1) is 5.82 Å². The zero-order chi connectivity index (χ0) is 24.8. The van der Waals surface area contributed by atoms with Crippen molar-refractivity contribution in [3.63, 3.8) is 0 Å². The second-order valence-electron chi connectivity index (χ2n) is 9.80. The molecule has 1 aromatic heterocycles. The highest BCUT2D eigenvalue weighted by atomic mass is 19.1. The third-order valence-corrected chi connectivity index (χ3v) is 6.16. The van der Waals surface area contributed by atoms with Crippen molar-refractivity contribution < 1.29 is 33.3 Å². The number of aromatic carboxylic acids is 1. The summed E-state index contributed by atoms with van der Waals surface area (Å²) in [5, 5.41) is 12.3. The Bertz CT molecular complexity index is 1200. The summed E-state index contributed by atoms with van der Waals surface area (Å²) >= 11 is 0. The van der Waals surface area contributed by atoms with Crippen molar-refractivity contribution in [3.8, 4) is 5.75 Å². The second kappa shape index (κ2) is 8.57. The SMILES string of the molecule is COc1c(C2(NC(=O)OC(C)(C)C)CCOCC2)c(F)cc2c(=O)c(C(=O)O)cn(C3CC3)c12. The van der Waals surface area contributed by atoms with Crippen molar-refractivity contribution >= 4 is 23.0 Å². The average molecular weight is 477 g/mol. The Labute approximate surface area is 195 Å². The molecular formula is C24H29FN2O7. The van der Waals surface area contributed by atoms with E-state index in [2.05, 4.69) is 5.32 Å². The molecule has 2 N–H and O–H groups in total. The number of rotatable bonds is 5. The van der Waals surface area contributed by atoms with Crippen LogP contribution in [0.4, 0.5) is 9.18 Å². The summed E-state index contributed by atoms with van der Waals surface area (Å²) in [4.78, 5) is 37.4. The number of hydrogen-bond donors (Lipinski definition) is 2. The molecule has 0 bridgehead atoms. The molecule has 1 saturated heterocycles. The van der Waals surface area contributed by atoms with Gasteiger partial charge in [0.1, 0.15) is 17.0 Å². The van der Waals surface area contributed by atoms with Crippen LogP contribution in [0.25, 0.3) is 10.9 Å². The van der Waals surface area contributed by atoms with Gasteiger partial charge in [-0.2, -0.15) is 0 Å². The van der Waals surface area contributed by atoms with Gasteiger partial charge in [0.15, 0.2) is 5.75 Å². The summed E-state index contributed by atoms with van der Waals surface area (Å²) in [6, 6.07) is 1.02. The van der Waals surface area contributed by atoms with Crippen LogP contribution in [0.15, 0.2) is 17.1 Å². The number of pyridine rings is 1. The molecule has 1 aliphatic heterocycles. The number of carboxylic acids is 1. The van der Waals surface area contributed by atoms with Crippen LogP contribution in [0.5, 0.6) is 5.75 Å². The highest BCUT2D eigenvalue weighted by Crippen LogP contribution is 2.46. The van der Waals surface area contributed by atoms with E-state index in [1.54, 1.807) is 25.3 Å². The van der Waals surface area contributed by atoms with Gasteiger partial charge in [-0.25, -0.2) is 14.0 Å². The maximum absolute atomic E-state index is 15.8. The van der Waals surface area contributed by atoms with Crippen molar-refractivity contribution in [1.82, 2.24) is 9.88 Å². The van der Waals surface area contributed by atoms with E-state index in [4.69, 9.17) is 14.2 Å². The molecule has 0 spiro atoms. The first kappa shape index (κ1) is 24.0. The summed E-state index contributed by atoms with van der Waals surface area (Å²) in [7, 11) is 1.37. The number of halogens is 1. The van der Waals surface area contributed by atoms with Gasteiger partial charge in [0.25, 0.3) is 0 Å². The van der Waals surface area contributed by atoms with Crippen LogP contribution in [0.2, 0.25) is 0 Å². The predicted octanol–water partition coefficient (Wildman–Crippen LogP) is 3.71. The molecule has 2 aliphatic rings. The highest BCUT2D eigenvalue weighted by molar-refractivity contribution is 5.95. The van der Waals surface area contributed by atoms with Crippen LogP contribution >= 0.6 is 0 Å². The fraction of sp³-hybridized carbons (Fsp3) is 0.542. The minimum absolute atomic E-state index is 0.0298. The van der Waals surface area contributed by atoms with Gasteiger partial charge < -0.3 is 29.2 Å². The largest absolute Gasteiger partial charge is 0.494 e. The van der Waals surface area contributed by atoms with Crippen LogP contribution in [0.1, 0.15) is 68.4 Å². The number of fused-ring (bicyclic) bond motifs is 1. The smallest absolute Gasteiger partial charge is 0.408 e. The Morgan fingerprint density at radius 1 is 1.26 bits per heavy atom. The summed E-state index contributed by atoms with van der Waals surface area (Å²) < 4.78 is 34.1. The molecule has 2 aromatic rings. The number of carbonyl (C=O) groups is 2. The van der Waals surface area contributed by atoms with Gasteiger partial charge in [0, 0.05) is 25.5 Å². The first-order valence-electron chi connectivity index (χ1n) is 11.3. The molecule has 34 heavy (non-hydrogen) atoms. The van der Waals surface area contributed by atoms with Gasteiger partial charge in [-0.1, -0.05) is 0 Å². The molecule has 4 rings (SSSR count). The van der Waals surface area contributed by atoms with E-state index < -0.39 is 40.0 Å². The zero-order valence-electron chi connectivity index (χ0n) is 19.7. The van der Waals surface area contributed by atoms with Crippen LogP contribution in [0.3, 0.4) is 0 Å². The van der Waals surface area contributed by atoms with Gasteiger partial charge >= 0.3 is 12.1 Å². The summed E-state index contributed by atoms with van der Waals surface area (Å²) in [5.74, 6) is -2.06. The summed E-state index contributed by atoms with van der Waals surface area (Å²) in [6.07, 6.45) is 2.69. The van der Waals surface area contributed by atoms with E-state index >= 15 is 4.39 Å². The normalized spacial score (nSPS) is 17.9. The average Bonchev–Trinajstić information content (AvgIpc) is 3.57. The van der Waals surface area contributed by atoms with E-state index in [0.717, 1.165) is 18.9 Å². The summed E-state index contributed by atoms with van der Waals surface area (Å²) in [6.45, 7) is 5.73. The lowest BCUT2D eigenvalue weighted by molar-refractivity contribution is 0.0142.